The Morgan fingerprint density at radius 2 is 1.31 bits per heavy atom. The Kier molecular flexibility index (Phi) is 21.5. The smallest absolute Gasteiger partial charge is 0.326 e. The van der Waals surface area contributed by atoms with E-state index in [-0.39, 0.29) is 58.2 Å². The molecule has 1 fully saturated rings. The van der Waals surface area contributed by atoms with Gasteiger partial charge in [0.2, 0.25) is 11.8 Å². The van der Waals surface area contributed by atoms with Crippen LogP contribution in [0.25, 0.3) is 0 Å². The van der Waals surface area contributed by atoms with Gasteiger partial charge in [0.25, 0.3) is 0 Å². The molecule has 1 saturated heterocycles. The molecule has 0 aliphatic carbocycles. The molecule has 0 aromatic rings. The highest BCUT2D eigenvalue weighted by atomic mass is 16.6. The van der Waals surface area contributed by atoms with Crippen molar-refractivity contribution in [3.8, 4) is 12.3 Å². The van der Waals surface area contributed by atoms with Gasteiger partial charge in [-0.15, -0.1) is 6.42 Å². The van der Waals surface area contributed by atoms with Crippen molar-refractivity contribution >= 4 is 29.5 Å². The Hall–Kier alpha value is -3.09. The molecular weight excluding hydrogens is 590 g/mol. The molecule has 1 heterocycles. The predicted octanol–water partition coefficient (Wildman–Crippen LogP) is 0.712. The van der Waals surface area contributed by atoms with Crippen LogP contribution in [-0.4, -0.2) is 129 Å². The minimum Gasteiger partial charge on any atom is -0.480 e. The number of carbonyl (C=O) groups is 5. The lowest BCUT2D eigenvalue weighted by Crippen LogP contribution is -2.47. The van der Waals surface area contributed by atoms with Crippen molar-refractivity contribution in [2.75, 3.05) is 72.5 Å². The van der Waals surface area contributed by atoms with Gasteiger partial charge in [0.05, 0.1) is 65.1 Å². The second-order valence-corrected chi connectivity index (χ2v) is 10.8. The number of nitrogens with one attached hydrogen (secondary N) is 2. The lowest BCUT2D eigenvalue weighted by atomic mass is 9.90. The number of rotatable bonds is 27. The van der Waals surface area contributed by atoms with Gasteiger partial charge in [-0.05, 0) is 12.8 Å². The van der Waals surface area contributed by atoms with Gasteiger partial charge in [-0.2, -0.15) is 0 Å². The van der Waals surface area contributed by atoms with Crippen LogP contribution >= 0.6 is 0 Å². The first-order chi connectivity index (χ1) is 21.7. The summed E-state index contributed by atoms with van der Waals surface area (Å²) in [5, 5.41) is 24.4. The number of terminal acetylenes is 1. The van der Waals surface area contributed by atoms with Gasteiger partial charge >= 0.3 is 11.9 Å². The molecule has 0 aromatic carbocycles. The summed E-state index contributed by atoms with van der Waals surface area (Å²) in [5.74, 6) is -3.11. The van der Waals surface area contributed by atoms with E-state index in [1.165, 1.54) is 4.90 Å². The molecule has 0 spiro atoms. The van der Waals surface area contributed by atoms with E-state index in [2.05, 4.69) is 16.6 Å². The number of unbranched alkanes of at least 4 members (excludes halogenated alkanes) is 2. The van der Waals surface area contributed by atoms with E-state index in [4.69, 9.17) is 25.4 Å². The normalized spacial score (nSPS) is 17.4. The highest BCUT2D eigenvalue weighted by Crippen LogP contribution is 2.26. The number of carboxylic acids is 2. The molecule has 0 bridgehead atoms. The van der Waals surface area contributed by atoms with E-state index in [0.29, 0.717) is 52.3 Å². The number of nitrogens with zero attached hydrogens (tertiary/aromatic N) is 1. The Bertz CT molecular complexity index is 956. The molecule has 14 heteroatoms. The summed E-state index contributed by atoms with van der Waals surface area (Å²) in [7, 11) is 0. The molecule has 14 nitrogen and oxygen atoms in total. The third-order valence-corrected chi connectivity index (χ3v) is 7.31. The molecule has 45 heavy (non-hydrogen) atoms. The molecule has 4 atom stereocenters. The van der Waals surface area contributed by atoms with Gasteiger partial charge in [-0.25, -0.2) is 4.79 Å². The van der Waals surface area contributed by atoms with Crippen LogP contribution in [-0.2, 0) is 42.9 Å². The van der Waals surface area contributed by atoms with Crippen LogP contribution < -0.4 is 10.6 Å². The zero-order valence-corrected chi connectivity index (χ0v) is 26.6. The van der Waals surface area contributed by atoms with E-state index in [9.17, 15) is 34.2 Å². The topological polar surface area (TPSA) is 190 Å². The van der Waals surface area contributed by atoms with Crippen molar-refractivity contribution in [2.45, 2.75) is 70.9 Å². The monoisotopic (exact) mass is 641 g/mol. The van der Waals surface area contributed by atoms with Crippen molar-refractivity contribution in [1.82, 2.24) is 15.5 Å². The van der Waals surface area contributed by atoms with Gasteiger partial charge in [-0.1, -0.05) is 45.5 Å². The highest BCUT2D eigenvalue weighted by Gasteiger charge is 2.43. The predicted molar refractivity (Wildman–Crippen MR) is 163 cm³/mol. The van der Waals surface area contributed by atoms with E-state index in [0.717, 1.165) is 12.8 Å². The van der Waals surface area contributed by atoms with Crippen LogP contribution in [0.5, 0.6) is 0 Å². The molecule has 0 aromatic heterocycles. The number of amides is 2. The SMILES string of the molecule is C#CCOCCOCCOCCOCCC(=O)N1C[C@@H](C(=O)CN[C@@H](CCCC)C(=O)O)[C@H](C(=O)N[C@@H](CCCC)C(=O)O)C1. The maximum Gasteiger partial charge on any atom is 0.326 e. The molecule has 0 saturated carbocycles. The van der Waals surface area contributed by atoms with Crippen molar-refractivity contribution in [3.63, 3.8) is 0 Å². The average Bonchev–Trinajstić information content (AvgIpc) is 3.47. The van der Waals surface area contributed by atoms with Crippen molar-refractivity contribution < 1.29 is 53.1 Å². The maximum absolute atomic E-state index is 13.3. The molecular formula is C31H51N3O11. The van der Waals surface area contributed by atoms with Gasteiger partial charge in [0.1, 0.15) is 18.7 Å². The lowest BCUT2D eigenvalue weighted by molar-refractivity contribution is -0.143. The van der Waals surface area contributed by atoms with Gasteiger partial charge in [-0.3, -0.25) is 24.5 Å². The van der Waals surface area contributed by atoms with E-state index in [1.807, 2.05) is 13.8 Å². The zero-order valence-electron chi connectivity index (χ0n) is 26.6. The van der Waals surface area contributed by atoms with Gasteiger partial charge in [0.15, 0.2) is 5.78 Å². The fraction of sp³-hybridized carbons (Fsp3) is 0.774. The minimum atomic E-state index is -1.17. The van der Waals surface area contributed by atoms with Crippen LogP contribution in [0.15, 0.2) is 0 Å². The number of hydrogen-bond donors (Lipinski definition) is 4. The average molecular weight is 642 g/mol. The number of ether oxygens (including phenoxy) is 4. The third kappa shape index (κ3) is 16.7. The molecule has 0 radical (unpaired) electrons. The summed E-state index contributed by atoms with van der Waals surface area (Å²) in [5.41, 5.74) is 0. The van der Waals surface area contributed by atoms with Crippen LogP contribution in [0.4, 0.5) is 0 Å². The summed E-state index contributed by atoms with van der Waals surface area (Å²) in [4.78, 5) is 64.2. The van der Waals surface area contributed by atoms with Gasteiger partial charge in [0, 0.05) is 19.0 Å². The van der Waals surface area contributed by atoms with Crippen molar-refractivity contribution in [3.05, 3.63) is 0 Å². The molecule has 256 valence electrons. The van der Waals surface area contributed by atoms with E-state index >= 15 is 0 Å². The summed E-state index contributed by atoms with van der Waals surface area (Å²) >= 11 is 0. The minimum absolute atomic E-state index is 0.0145. The number of carboxylic acid groups (broad SMARTS) is 2. The summed E-state index contributed by atoms with van der Waals surface area (Å²) in [6.45, 7) is 5.93. The first-order valence-corrected chi connectivity index (χ1v) is 15.7. The van der Waals surface area contributed by atoms with Crippen LogP contribution in [0.3, 0.4) is 0 Å². The van der Waals surface area contributed by atoms with E-state index in [1.54, 1.807) is 0 Å². The Morgan fingerprint density at radius 3 is 1.84 bits per heavy atom. The Labute approximate surface area is 265 Å². The summed E-state index contributed by atoms with van der Waals surface area (Å²) in [6.07, 6.45) is 8.47. The van der Waals surface area contributed by atoms with Crippen LogP contribution in [0.2, 0.25) is 0 Å². The maximum atomic E-state index is 13.3. The molecule has 1 aliphatic heterocycles. The standard InChI is InChI=1S/C31H51N3O11/c1-4-7-9-25(30(38)39)32-20-27(35)23-21-34(22-24(23)29(37)33-26(31(40)41)10-8-5-2)28(36)11-13-43-15-17-45-19-18-44-16-14-42-12-6-3/h3,23-26,32H,4-5,7-22H2,1-2H3,(H,33,37)(H,38,39)(H,40,41)/t23-,24-,25+,26+/m1/s1. The Morgan fingerprint density at radius 1 is 0.800 bits per heavy atom. The first kappa shape index (κ1) is 39.9. The Balaban J connectivity index is 2.65. The fourth-order valence-electron chi connectivity index (χ4n) is 4.73. The quantitative estimate of drug-likeness (QED) is 0.0727. The zero-order chi connectivity index (χ0) is 33.5. The lowest BCUT2D eigenvalue weighted by Gasteiger charge is -2.21. The molecule has 1 rings (SSSR count). The third-order valence-electron chi connectivity index (χ3n) is 7.31. The second kappa shape index (κ2) is 24.2. The largest absolute Gasteiger partial charge is 0.480 e. The number of hydrogen-bond acceptors (Lipinski definition) is 10. The highest BCUT2D eigenvalue weighted by molar-refractivity contribution is 5.94. The van der Waals surface area contributed by atoms with Crippen molar-refractivity contribution in [1.29, 1.82) is 0 Å². The van der Waals surface area contributed by atoms with Gasteiger partial charge < -0.3 is 39.4 Å². The molecule has 2 amide bonds. The number of Topliss-reactive ketones (excluding diaryl/α,β-unsaturated/α-hetero) is 1. The molecule has 1 aliphatic rings. The van der Waals surface area contributed by atoms with E-state index < -0.39 is 47.5 Å². The number of likely N-dealkylation sites (tertiary alicyclic amines) is 1. The van der Waals surface area contributed by atoms with Crippen LogP contribution in [0, 0.1) is 24.2 Å². The number of aliphatic carboxylic acids is 2. The van der Waals surface area contributed by atoms with Crippen LogP contribution in [0.1, 0.15) is 58.8 Å². The number of ketones is 1. The first-order valence-electron chi connectivity index (χ1n) is 15.7. The second-order valence-electron chi connectivity index (χ2n) is 10.8. The fourth-order valence-corrected chi connectivity index (χ4v) is 4.73. The van der Waals surface area contributed by atoms with Crippen molar-refractivity contribution in [2.24, 2.45) is 11.8 Å². The molecule has 0 unspecified atom stereocenters. The molecule has 4 N–H and O–H groups in total. The summed E-state index contributed by atoms with van der Waals surface area (Å²) in [6, 6.07) is -2.03. The summed E-state index contributed by atoms with van der Waals surface area (Å²) < 4.78 is 21.3. The number of carbonyl (C=O) groups excluding carboxylic acids is 3.